The first-order valence-corrected chi connectivity index (χ1v) is 4.99. The van der Waals surface area contributed by atoms with E-state index in [9.17, 15) is 4.79 Å². The maximum absolute atomic E-state index is 10.1. The van der Waals surface area contributed by atoms with Crippen LogP contribution in [0, 0.1) is 0 Å². The number of fused-ring (bicyclic) bond motifs is 1. The summed E-state index contributed by atoms with van der Waals surface area (Å²) in [6.07, 6.45) is 1.38. The molecular weight excluding hydrogens is 210 g/mol. The third-order valence-corrected chi connectivity index (χ3v) is 2.41. The predicted octanol–water partition coefficient (Wildman–Crippen LogP) is 0.712. The number of benzene rings is 1. The molecule has 0 aliphatic carbocycles. The lowest BCUT2D eigenvalue weighted by molar-refractivity contribution is -0.109. The molecule has 0 radical (unpaired) electrons. The lowest BCUT2D eigenvalue weighted by Gasteiger charge is -2.08. The van der Waals surface area contributed by atoms with Gasteiger partial charge in [-0.25, -0.2) is 0 Å². The third-order valence-electron chi connectivity index (χ3n) is 2.41. The number of hydrogen-bond donors (Lipinski definition) is 1. The monoisotopic (exact) mass is 223 g/mol. The fourth-order valence-electron chi connectivity index (χ4n) is 1.65. The quantitative estimate of drug-likeness (QED) is 0.590. The van der Waals surface area contributed by atoms with Crippen molar-refractivity contribution in [2.24, 2.45) is 0 Å². The Kier molecular flexibility index (Phi) is 3.14. The van der Waals surface area contributed by atoms with E-state index in [-0.39, 0.29) is 6.79 Å². The zero-order valence-electron chi connectivity index (χ0n) is 8.99. The molecule has 0 saturated heterocycles. The molecule has 5 heteroatoms. The van der Waals surface area contributed by atoms with E-state index < -0.39 is 0 Å². The summed E-state index contributed by atoms with van der Waals surface area (Å²) in [5.41, 5.74) is 1.00. The van der Waals surface area contributed by atoms with E-state index in [0.29, 0.717) is 36.6 Å². The molecule has 0 atom stereocenters. The molecule has 86 valence electrons. The summed E-state index contributed by atoms with van der Waals surface area (Å²) in [6, 6.07) is 3.75. The fourth-order valence-corrected chi connectivity index (χ4v) is 1.65. The molecule has 0 bridgehead atoms. The summed E-state index contributed by atoms with van der Waals surface area (Å²) >= 11 is 0. The first-order valence-electron chi connectivity index (χ1n) is 4.99. The Labute approximate surface area is 93.3 Å². The molecular formula is C11H13NO4. The number of carbonyl (C=O) groups excluding carboxylic acids is 1. The van der Waals surface area contributed by atoms with Crippen molar-refractivity contribution in [1.29, 1.82) is 0 Å². The Hall–Kier alpha value is -1.91. The van der Waals surface area contributed by atoms with Crippen molar-refractivity contribution in [1.82, 2.24) is 5.32 Å². The van der Waals surface area contributed by atoms with Gasteiger partial charge in [0.1, 0.15) is 0 Å². The summed E-state index contributed by atoms with van der Waals surface area (Å²) in [6.45, 7) is 0.787. The van der Waals surface area contributed by atoms with Gasteiger partial charge >= 0.3 is 0 Å². The standard InChI is InChI=1S/C11H13NO4/c1-14-9-3-2-8(4-5-12-6-13)10-11(9)16-7-15-10/h2-3,6H,4-5,7H2,1H3,(H,12,13). The van der Waals surface area contributed by atoms with Gasteiger partial charge in [-0.1, -0.05) is 6.07 Å². The molecule has 5 nitrogen and oxygen atoms in total. The smallest absolute Gasteiger partial charge is 0.231 e. The number of nitrogens with one attached hydrogen (secondary N) is 1. The van der Waals surface area contributed by atoms with Gasteiger partial charge in [0, 0.05) is 12.1 Å². The topological polar surface area (TPSA) is 56.8 Å². The fraction of sp³-hybridized carbons (Fsp3) is 0.364. The second kappa shape index (κ2) is 4.74. The van der Waals surface area contributed by atoms with Crippen LogP contribution >= 0.6 is 0 Å². The van der Waals surface area contributed by atoms with Gasteiger partial charge in [0.15, 0.2) is 11.5 Å². The summed E-state index contributed by atoms with van der Waals surface area (Å²) in [7, 11) is 1.59. The minimum absolute atomic E-state index is 0.212. The molecule has 0 saturated carbocycles. The van der Waals surface area contributed by atoms with Crippen LogP contribution in [0.1, 0.15) is 5.56 Å². The normalized spacial score (nSPS) is 12.3. The van der Waals surface area contributed by atoms with Gasteiger partial charge in [0.25, 0.3) is 0 Å². The molecule has 0 fully saturated rings. The van der Waals surface area contributed by atoms with Gasteiger partial charge in [0.05, 0.1) is 7.11 Å². The van der Waals surface area contributed by atoms with Crippen LogP contribution in [0.15, 0.2) is 12.1 Å². The molecule has 0 aromatic heterocycles. The van der Waals surface area contributed by atoms with Crippen molar-refractivity contribution in [3.8, 4) is 17.2 Å². The lowest BCUT2D eigenvalue weighted by Crippen LogP contribution is -2.14. The second-order valence-corrected chi connectivity index (χ2v) is 3.31. The Morgan fingerprint density at radius 2 is 2.25 bits per heavy atom. The van der Waals surface area contributed by atoms with Crippen LogP contribution in [0.5, 0.6) is 17.2 Å². The minimum Gasteiger partial charge on any atom is -0.493 e. The van der Waals surface area contributed by atoms with Crippen molar-refractivity contribution in [3.63, 3.8) is 0 Å². The van der Waals surface area contributed by atoms with E-state index in [0.717, 1.165) is 5.56 Å². The Balaban J connectivity index is 2.20. The van der Waals surface area contributed by atoms with Gasteiger partial charge in [0.2, 0.25) is 19.0 Å². The van der Waals surface area contributed by atoms with Crippen molar-refractivity contribution in [2.75, 3.05) is 20.4 Å². The molecule has 1 N–H and O–H groups in total. The van der Waals surface area contributed by atoms with Gasteiger partial charge in [-0.15, -0.1) is 0 Å². The summed E-state index contributed by atoms with van der Waals surface area (Å²) in [5, 5.41) is 2.61. The molecule has 16 heavy (non-hydrogen) atoms. The molecule has 0 unspecified atom stereocenters. The molecule has 2 rings (SSSR count). The van der Waals surface area contributed by atoms with Crippen molar-refractivity contribution in [3.05, 3.63) is 17.7 Å². The Morgan fingerprint density at radius 1 is 1.44 bits per heavy atom. The molecule has 1 amide bonds. The predicted molar refractivity (Wildman–Crippen MR) is 56.9 cm³/mol. The number of methoxy groups -OCH3 is 1. The van der Waals surface area contributed by atoms with E-state index in [1.807, 2.05) is 12.1 Å². The largest absolute Gasteiger partial charge is 0.493 e. The van der Waals surface area contributed by atoms with Crippen molar-refractivity contribution < 1.29 is 19.0 Å². The van der Waals surface area contributed by atoms with E-state index in [2.05, 4.69) is 5.32 Å². The number of rotatable bonds is 5. The van der Waals surface area contributed by atoms with E-state index in [4.69, 9.17) is 14.2 Å². The molecule has 1 aromatic rings. The van der Waals surface area contributed by atoms with Crippen LogP contribution in [0.2, 0.25) is 0 Å². The maximum atomic E-state index is 10.1. The summed E-state index contributed by atoms with van der Waals surface area (Å²) in [4.78, 5) is 10.1. The van der Waals surface area contributed by atoms with E-state index in [1.165, 1.54) is 0 Å². The van der Waals surface area contributed by atoms with Crippen LogP contribution < -0.4 is 19.5 Å². The van der Waals surface area contributed by atoms with Crippen LogP contribution in [0.3, 0.4) is 0 Å². The minimum atomic E-state index is 0.212. The highest BCUT2D eigenvalue weighted by Crippen LogP contribution is 2.43. The number of ether oxygens (including phenoxy) is 3. The van der Waals surface area contributed by atoms with E-state index in [1.54, 1.807) is 7.11 Å². The van der Waals surface area contributed by atoms with Crippen LogP contribution in [-0.4, -0.2) is 26.9 Å². The van der Waals surface area contributed by atoms with Crippen LogP contribution in [-0.2, 0) is 11.2 Å². The van der Waals surface area contributed by atoms with Gasteiger partial charge < -0.3 is 19.5 Å². The van der Waals surface area contributed by atoms with Gasteiger partial charge in [-0.2, -0.15) is 0 Å². The Bertz CT molecular complexity index is 392. The average molecular weight is 223 g/mol. The van der Waals surface area contributed by atoms with E-state index >= 15 is 0 Å². The third kappa shape index (κ3) is 1.88. The highest BCUT2D eigenvalue weighted by molar-refractivity contribution is 5.57. The number of carbonyl (C=O) groups is 1. The molecule has 1 heterocycles. The number of amides is 1. The lowest BCUT2D eigenvalue weighted by atomic mass is 10.1. The first kappa shape index (κ1) is 10.6. The van der Waals surface area contributed by atoms with Crippen molar-refractivity contribution in [2.45, 2.75) is 6.42 Å². The molecule has 1 aliphatic rings. The van der Waals surface area contributed by atoms with Gasteiger partial charge in [-0.3, -0.25) is 4.79 Å². The van der Waals surface area contributed by atoms with Crippen LogP contribution in [0.25, 0.3) is 0 Å². The van der Waals surface area contributed by atoms with Crippen molar-refractivity contribution >= 4 is 6.41 Å². The zero-order chi connectivity index (χ0) is 11.4. The number of hydrogen-bond acceptors (Lipinski definition) is 4. The Morgan fingerprint density at radius 3 is 3.00 bits per heavy atom. The zero-order valence-corrected chi connectivity index (χ0v) is 8.99. The maximum Gasteiger partial charge on any atom is 0.231 e. The van der Waals surface area contributed by atoms with Gasteiger partial charge in [-0.05, 0) is 12.5 Å². The van der Waals surface area contributed by atoms with Crippen LogP contribution in [0.4, 0.5) is 0 Å². The summed E-state index contributed by atoms with van der Waals surface area (Å²) in [5.74, 6) is 2.03. The highest BCUT2D eigenvalue weighted by Gasteiger charge is 2.22. The SMILES string of the molecule is COc1ccc(CCNC=O)c2c1OCO2. The molecule has 1 aromatic carbocycles. The average Bonchev–Trinajstić information content (AvgIpc) is 2.79. The summed E-state index contributed by atoms with van der Waals surface area (Å²) < 4.78 is 15.9. The molecule has 0 spiro atoms. The second-order valence-electron chi connectivity index (χ2n) is 3.31. The molecule has 1 aliphatic heterocycles. The first-order chi connectivity index (χ1) is 7.86. The highest BCUT2D eigenvalue weighted by atomic mass is 16.7.